The number of nitrogens with zero attached hydrogens (tertiary/aromatic N) is 1. The van der Waals surface area contributed by atoms with E-state index >= 15 is 0 Å². The molecule has 2 heterocycles. The monoisotopic (exact) mass is 260 g/mol. The van der Waals surface area contributed by atoms with Crippen molar-refractivity contribution in [1.29, 1.82) is 0 Å². The third kappa shape index (κ3) is 3.03. The smallest absolute Gasteiger partial charge is 0.122 e. The number of fused-ring (bicyclic) bond motifs is 1. The third-order valence-corrected chi connectivity index (χ3v) is 4.45. The summed E-state index contributed by atoms with van der Waals surface area (Å²) in [4.78, 5) is 2.39. The summed E-state index contributed by atoms with van der Waals surface area (Å²) in [6, 6.07) is 6.61. The first-order valence-electron chi connectivity index (χ1n) is 7.50. The molecule has 0 bridgehead atoms. The highest BCUT2D eigenvalue weighted by Gasteiger charge is 2.16. The third-order valence-electron chi connectivity index (χ3n) is 4.45. The van der Waals surface area contributed by atoms with E-state index in [9.17, 15) is 0 Å². The number of hydrogen-bond donors (Lipinski definition) is 1. The van der Waals surface area contributed by atoms with Crippen LogP contribution in [0.15, 0.2) is 18.2 Å². The van der Waals surface area contributed by atoms with Crippen LogP contribution in [0.4, 0.5) is 5.69 Å². The van der Waals surface area contributed by atoms with Crippen LogP contribution in [0.25, 0.3) is 0 Å². The number of piperidine rings is 1. The van der Waals surface area contributed by atoms with E-state index in [4.69, 9.17) is 4.74 Å². The number of nitrogens with one attached hydrogen (secondary N) is 1. The van der Waals surface area contributed by atoms with Crippen molar-refractivity contribution in [3.05, 3.63) is 23.8 Å². The standard InChI is InChI=1S/C16H24N2O/c1-18(10-6-13-4-8-17-9-5-13)15-2-3-16-14(12-15)7-11-19-16/h2-3,12-13,17H,4-11H2,1H3. The summed E-state index contributed by atoms with van der Waals surface area (Å²) in [5.41, 5.74) is 2.70. The maximum Gasteiger partial charge on any atom is 0.122 e. The van der Waals surface area contributed by atoms with Crippen LogP contribution in [0.2, 0.25) is 0 Å². The van der Waals surface area contributed by atoms with Gasteiger partial charge in [-0.2, -0.15) is 0 Å². The molecule has 3 heteroatoms. The van der Waals surface area contributed by atoms with Crippen molar-refractivity contribution < 1.29 is 4.74 Å². The molecule has 0 atom stereocenters. The SMILES string of the molecule is CN(CCC1CCNCC1)c1ccc2c(c1)CCO2. The van der Waals surface area contributed by atoms with Crippen LogP contribution >= 0.6 is 0 Å². The molecule has 0 aromatic heterocycles. The van der Waals surface area contributed by atoms with E-state index in [1.54, 1.807) is 0 Å². The molecule has 19 heavy (non-hydrogen) atoms. The fraction of sp³-hybridized carbons (Fsp3) is 0.625. The zero-order valence-electron chi connectivity index (χ0n) is 11.8. The second kappa shape index (κ2) is 5.83. The van der Waals surface area contributed by atoms with Gasteiger partial charge in [-0.25, -0.2) is 0 Å². The van der Waals surface area contributed by atoms with Crippen LogP contribution < -0.4 is 15.0 Å². The van der Waals surface area contributed by atoms with Crippen molar-refractivity contribution >= 4 is 5.69 Å². The van der Waals surface area contributed by atoms with Crippen molar-refractivity contribution in [3.63, 3.8) is 0 Å². The van der Waals surface area contributed by atoms with Crippen molar-refractivity contribution in [3.8, 4) is 5.75 Å². The van der Waals surface area contributed by atoms with E-state index in [-0.39, 0.29) is 0 Å². The predicted octanol–water partition coefficient (Wildman–Crippen LogP) is 2.45. The molecule has 2 aliphatic rings. The van der Waals surface area contributed by atoms with Crippen LogP contribution in [-0.4, -0.2) is 33.3 Å². The molecule has 1 fully saturated rings. The minimum atomic E-state index is 0.845. The lowest BCUT2D eigenvalue weighted by Crippen LogP contribution is -2.30. The van der Waals surface area contributed by atoms with Gasteiger partial charge in [-0.1, -0.05) is 0 Å². The number of rotatable bonds is 4. The van der Waals surface area contributed by atoms with Gasteiger partial charge in [0.1, 0.15) is 5.75 Å². The summed E-state index contributed by atoms with van der Waals surface area (Å²) in [7, 11) is 2.21. The van der Waals surface area contributed by atoms with Gasteiger partial charge < -0.3 is 15.0 Å². The van der Waals surface area contributed by atoms with E-state index in [0.29, 0.717) is 0 Å². The van der Waals surface area contributed by atoms with Crippen LogP contribution in [0.1, 0.15) is 24.8 Å². The Hall–Kier alpha value is -1.22. The molecule has 3 rings (SSSR count). The molecule has 0 unspecified atom stereocenters. The molecule has 1 N–H and O–H groups in total. The maximum absolute atomic E-state index is 5.56. The Bertz CT molecular complexity index is 427. The van der Waals surface area contributed by atoms with Gasteiger partial charge in [-0.3, -0.25) is 0 Å². The fourth-order valence-corrected chi connectivity index (χ4v) is 3.09. The summed E-state index contributed by atoms with van der Waals surface area (Å²) in [6.45, 7) is 4.40. The largest absolute Gasteiger partial charge is 0.493 e. The van der Waals surface area contributed by atoms with E-state index in [0.717, 1.165) is 31.2 Å². The average Bonchev–Trinajstić information content (AvgIpc) is 2.93. The van der Waals surface area contributed by atoms with Crippen LogP contribution in [0, 0.1) is 5.92 Å². The quantitative estimate of drug-likeness (QED) is 0.900. The molecule has 3 nitrogen and oxygen atoms in total. The first-order valence-corrected chi connectivity index (χ1v) is 7.50. The second-order valence-electron chi connectivity index (χ2n) is 5.79. The lowest BCUT2D eigenvalue weighted by molar-refractivity contribution is 0.356. The van der Waals surface area contributed by atoms with Crippen LogP contribution in [0.3, 0.4) is 0 Å². The van der Waals surface area contributed by atoms with Gasteiger partial charge in [0, 0.05) is 25.7 Å². The lowest BCUT2D eigenvalue weighted by Gasteiger charge is -2.26. The molecular formula is C16H24N2O. The van der Waals surface area contributed by atoms with Gasteiger partial charge in [-0.15, -0.1) is 0 Å². The maximum atomic E-state index is 5.56. The Kier molecular flexibility index (Phi) is 3.92. The second-order valence-corrected chi connectivity index (χ2v) is 5.79. The minimum absolute atomic E-state index is 0.845. The zero-order valence-corrected chi connectivity index (χ0v) is 11.8. The van der Waals surface area contributed by atoms with Crippen LogP contribution in [-0.2, 0) is 6.42 Å². The van der Waals surface area contributed by atoms with Gasteiger partial charge in [0.15, 0.2) is 0 Å². The summed E-state index contributed by atoms with van der Waals surface area (Å²) in [5, 5.41) is 3.43. The Morgan fingerprint density at radius 1 is 1.32 bits per heavy atom. The number of ether oxygens (including phenoxy) is 1. The summed E-state index contributed by atoms with van der Waals surface area (Å²) < 4.78 is 5.56. The molecule has 0 aliphatic carbocycles. The highest BCUT2D eigenvalue weighted by Crippen LogP contribution is 2.29. The molecule has 0 amide bonds. The number of anilines is 1. The summed E-state index contributed by atoms with van der Waals surface area (Å²) in [5.74, 6) is 1.98. The molecule has 0 saturated carbocycles. The lowest BCUT2D eigenvalue weighted by atomic mass is 9.94. The average molecular weight is 260 g/mol. The Labute approximate surface area is 115 Å². The van der Waals surface area contributed by atoms with Crippen molar-refractivity contribution in [2.24, 2.45) is 5.92 Å². The van der Waals surface area contributed by atoms with Gasteiger partial charge >= 0.3 is 0 Å². The molecule has 0 spiro atoms. The predicted molar refractivity (Wildman–Crippen MR) is 79.1 cm³/mol. The first-order chi connectivity index (χ1) is 9.33. The van der Waals surface area contributed by atoms with Gasteiger partial charge in [-0.05, 0) is 62.0 Å². The highest BCUT2D eigenvalue weighted by atomic mass is 16.5. The molecule has 1 aromatic rings. The van der Waals surface area contributed by atoms with Gasteiger partial charge in [0.05, 0.1) is 6.61 Å². The zero-order chi connectivity index (χ0) is 13.1. The van der Waals surface area contributed by atoms with Crippen molar-refractivity contribution in [2.75, 3.05) is 38.2 Å². The van der Waals surface area contributed by atoms with E-state index in [1.165, 1.54) is 43.6 Å². The van der Waals surface area contributed by atoms with Crippen LogP contribution in [0.5, 0.6) is 5.75 Å². The molecule has 0 radical (unpaired) electrons. The Morgan fingerprint density at radius 2 is 2.16 bits per heavy atom. The number of hydrogen-bond acceptors (Lipinski definition) is 3. The molecule has 2 aliphatic heterocycles. The van der Waals surface area contributed by atoms with Gasteiger partial charge in [0.2, 0.25) is 0 Å². The highest BCUT2D eigenvalue weighted by molar-refractivity contribution is 5.53. The van der Waals surface area contributed by atoms with E-state index in [1.807, 2.05) is 0 Å². The van der Waals surface area contributed by atoms with E-state index in [2.05, 4.69) is 35.5 Å². The summed E-state index contributed by atoms with van der Waals surface area (Å²) >= 11 is 0. The Balaban J connectivity index is 1.56. The molecule has 1 saturated heterocycles. The minimum Gasteiger partial charge on any atom is -0.493 e. The Morgan fingerprint density at radius 3 is 3.00 bits per heavy atom. The van der Waals surface area contributed by atoms with Crippen molar-refractivity contribution in [1.82, 2.24) is 5.32 Å². The molecule has 104 valence electrons. The normalized spacial score (nSPS) is 19.0. The van der Waals surface area contributed by atoms with E-state index < -0.39 is 0 Å². The number of benzene rings is 1. The molecular weight excluding hydrogens is 236 g/mol. The fourth-order valence-electron chi connectivity index (χ4n) is 3.09. The molecule has 1 aromatic carbocycles. The first kappa shape index (κ1) is 12.8. The summed E-state index contributed by atoms with van der Waals surface area (Å²) in [6.07, 6.45) is 5.05. The van der Waals surface area contributed by atoms with Crippen molar-refractivity contribution in [2.45, 2.75) is 25.7 Å². The topological polar surface area (TPSA) is 24.5 Å². The van der Waals surface area contributed by atoms with Gasteiger partial charge in [0.25, 0.3) is 0 Å².